The van der Waals surface area contributed by atoms with Crippen molar-refractivity contribution in [3.63, 3.8) is 0 Å². The van der Waals surface area contributed by atoms with Crippen molar-refractivity contribution >= 4 is 12.4 Å². The van der Waals surface area contributed by atoms with E-state index in [-0.39, 0.29) is 12.4 Å². The van der Waals surface area contributed by atoms with Crippen molar-refractivity contribution < 1.29 is 4.74 Å². The molecule has 3 nitrogen and oxygen atoms in total. The van der Waals surface area contributed by atoms with Gasteiger partial charge in [0.1, 0.15) is 0 Å². The minimum absolute atomic E-state index is 0. The third kappa shape index (κ3) is 5.47. The SMILES string of the molecule is COCCCN1CCC(N)CC1.Cl. The molecule has 0 aliphatic carbocycles. The maximum absolute atomic E-state index is 5.80. The van der Waals surface area contributed by atoms with E-state index >= 15 is 0 Å². The summed E-state index contributed by atoms with van der Waals surface area (Å²) in [7, 11) is 1.76. The highest BCUT2D eigenvalue weighted by molar-refractivity contribution is 5.85. The summed E-state index contributed by atoms with van der Waals surface area (Å²) in [5, 5.41) is 0. The minimum Gasteiger partial charge on any atom is -0.385 e. The van der Waals surface area contributed by atoms with Crippen LogP contribution in [0.15, 0.2) is 0 Å². The number of likely N-dealkylation sites (tertiary alicyclic amines) is 1. The zero-order valence-electron chi connectivity index (χ0n) is 8.37. The maximum atomic E-state index is 5.80. The molecule has 2 N–H and O–H groups in total. The first-order chi connectivity index (χ1) is 5.83. The van der Waals surface area contributed by atoms with Gasteiger partial charge in [0.2, 0.25) is 0 Å². The van der Waals surface area contributed by atoms with Crippen molar-refractivity contribution in [1.29, 1.82) is 0 Å². The molecule has 0 aromatic heterocycles. The smallest absolute Gasteiger partial charge is 0.0474 e. The molecule has 0 saturated carbocycles. The zero-order valence-corrected chi connectivity index (χ0v) is 9.18. The number of methoxy groups -OCH3 is 1. The van der Waals surface area contributed by atoms with E-state index in [1.165, 1.54) is 19.6 Å². The van der Waals surface area contributed by atoms with Crippen molar-refractivity contribution in [2.45, 2.75) is 25.3 Å². The summed E-state index contributed by atoms with van der Waals surface area (Å²) < 4.78 is 5.00. The number of hydrogen-bond acceptors (Lipinski definition) is 3. The summed E-state index contributed by atoms with van der Waals surface area (Å²) in [6.45, 7) is 4.39. The number of nitrogens with two attached hydrogens (primary N) is 1. The summed E-state index contributed by atoms with van der Waals surface area (Å²) in [5.74, 6) is 0. The molecule has 0 bridgehead atoms. The van der Waals surface area contributed by atoms with Gasteiger partial charge in [-0.05, 0) is 32.4 Å². The van der Waals surface area contributed by atoms with E-state index in [0.29, 0.717) is 6.04 Å². The molecular formula is C9H21ClN2O. The second-order valence-corrected chi connectivity index (χ2v) is 3.53. The summed E-state index contributed by atoms with van der Waals surface area (Å²) >= 11 is 0. The minimum atomic E-state index is 0. The molecule has 0 atom stereocenters. The fourth-order valence-corrected chi connectivity index (χ4v) is 1.61. The first-order valence-corrected chi connectivity index (χ1v) is 4.80. The zero-order chi connectivity index (χ0) is 8.81. The molecule has 80 valence electrons. The first-order valence-electron chi connectivity index (χ1n) is 4.80. The van der Waals surface area contributed by atoms with E-state index in [1.54, 1.807) is 7.11 Å². The van der Waals surface area contributed by atoms with Gasteiger partial charge in [-0.3, -0.25) is 0 Å². The van der Waals surface area contributed by atoms with Gasteiger partial charge >= 0.3 is 0 Å². The molecule has 4 heteroatoms. The van der Waals surface area contributed by atoms with Crippen LogP contribution in [0.2, 0.25) is 0 Å². The predicted octanol–water partition coefficient (Wildman–Crippen LogP) is 0.868. The molecular weight excluding hydrogens is 188 g/mol. The number of piperidine rings is 1. The van der Waals surface area contributed by atoms with Crippen LogP contribution < -0.4 is 5.73 Å². The molecule has 0 radical (unpaired) electrons. The van der Waals surface area contributed by atoms with E-state index in [1.807, 2.05) is 0 Å². The van der Waals surface area contributed by atoms with Gasteiger partial charge in [0.15, 0.2) is 0 Å². The van der Waals surface area contributed by atoms with Gasteiger partial charge in [0.25, 0.3) is 0 Å². The first kappa shape index (κ1) is 13.2. The molecule has 0 unspecified atom stereocenters. The van der Waals surface area contributed by atoms with Crippen LogP contribution in [0, 0.1) is 0 Å². The van der Waals surface area contributed by atoms with Crippen LogP contribution in [0.25, 0.3) is 0 Å². The average Bonchev–Trinajstić information content (AvgIpc) is 2.09. The Hall–Kier alpha value is 0.170. The maximum Gasteiger partial charge on any atom is 0.0474 e. The van der Waals surface area contributed by atoms with Crippen LogP contribution in [0.4, 0.5) is 0 Å². The van der Waals surface area contributed by atoms with Crippen molar-refractivity contribution in [3.8, 4) is 0 Å². The number of halogens is 1. The summed E-state index contributed by atoms with van der Waals surface area (Å²) in [5.41, 5.74) is 5.80. The fraction of sp³-hybridized carbons (Fsp3) is 1.00. The van der Waals surface area contributed by atoms with Gasteiger partial charge in [-0.2, -0.15) is 0 Å². The lowest BCUT2D eigenvalue weighted by Gasteiger charge is -2.29. The van der Waals surface area contributed by atoms with Crippen molar-refractivity contribution in [3.05, 3.63) is 0 Å². The topological polar surface area (TPSA) is 38.5 Å². The quantitative estimate of drug-likeness (QED) is 0.697. The van der Waals surface area contributed by atoms with Crippen LogP contribution in [0.1, 0.15) is 19.3 Å². The lowest BCUT2D eigenvalue weighted by molar-refractivity contribution is 0.157. The van der Waals surface area contributed by atoms with Crippen LogP contribution >= 0.6 is 12.4 Å². The molecule has 0 amide bonds. The second-order valence-electron chi connectivity index (χ2n) is 3.53. The Morgan fingerprint density at radius 2 is 2.00 bits per heavy atom. The lowest BCUT2D eigenvalue weighted by atomic mass is 10.1. The van der Waals surface area contributed by atoms with Crippen LogP contribution in [0.3, 0.4) is 0 Å². The molecule has 0 spiro atoms. The Bertz CT molecular complexity index is 116. The summed E-state index contributed by atoms with van der Waals surface area (Å²) in [6.07, 6.45) is 3.46. The average molecular weight is 209 g/mol. The molecule has 1 rings (SSSR count). The molecule has 0 aromatic rings. The highest BCUT2D eigenvalue weighted by Crippen LogP contribution is 2.07. The Morgan fingerprint density at radius 3 is 2.54 bits per heavy atom. The van der Waals surface area contributed by atoms with E-state index < -0.39 is 0 Å². The largest absolute Gasteiger partial charge is 0.385 e. The Kier molecular flexibility index (Phi) is 7.66. The van der Waals surface area contributed by atoms with Crippen LogP contribution in [-0.2, 0) is 4.74 Å². The van der Waals surface area contributed by atoms with Gasteiger partial charge in [0, 0.05) is 26.3 Å². The van der Waals surface area contributed by atoms with Crippen molar-refractivity contribution in [1.82, 2.24) is 4.90 Å². The molecule has 0 aromatic carbocycles. The summed E-state index contributed by atoms with van der Waals surface area (Å²) in [6, 6.07) is 0.448. The highest BCUT2D eigenvalue weighted by Gasteiger charge is 2.14. The Labute approximate surface area is 87.0 Å². The van der Waals surface area contributed by atoms with Gasteiger partial charge in [0.05, 0.1) is 0 Å². The Balaban J connectivity index is 0.00000144. The third-order valence-electron chi connectivity index (χ3n) is 2.46. The van der Waals surface area contributed by atoms with Gasteiger partial charge in [-0.15, -0.1) is 12.4 Å². The van der Waals surface area contributed by atoms with Crippen molar-refractivity contribution in [2.24, 2.45) is 5.73 Å². The highest BCUT2D eigenvalue weighted by atomic mass is 35.5. The molecule has 1 fully saturated rings. The second kappa shape index (κ2) is 7.56. The number of nitrogens with zero attached hydrogens (tertiary/aromatic N) is 1. The van der Waals surface area contributed by atoms with Crippen LogP contribution in [0.5, 0.6) is 0 Å². The number of rotatable bonds is 4. The van der Waals surface area contributed by atoms with E-state index in [9.17, 15) is 0 Å². The molecule has 1 heterocycles. The number of ether oxygens (including phenoxy) is 1. The van der Waals surface area contributed by atoms with Gasteiger partial charge in [-0.25, -0.2) is 0 Å². The summed E-state index contributed by atoms with van der Waals surface area (Å²) in [4.78, 5) is 2.47. The molecule has 1 aliphatic heterocycles. The van der Waals surface area contributed by atoms with Crippen LogP contribution in [-0.4, -0.2) is 44.3 Å². The standard InChI is InChI=1S/C9H20N2O.ClH/c1-12-8-2-5-11-6-3-9(10)4-7-11;/h9H,2-8,10H2,1H3;1H. The van der Waals surface area contributed by atoms with E-state index in [2.05, 4.69) is 4.90 Å². The lowest BCUT2D eigenvalue weighted by Crippen LogP contribution is -2.40. The third-order valence-corrected chi connectivity index (χ3v) is 2.46. The van der Waals surface area contributed by atoms with E-state index in [0.717, 1.165) is 25.9 Å². The predicted molar refractivity (Wildman–Crippen MR) is 57.4 cm³/mol. The monoisotopic (exact) mass is 208 g/mol. The normalized spacial score (nSPS) is 19.8. The van der Waals surface area contributed by atoms with Gasteiger partial charge < -0.3 is 15.4 Å². The molecule has 1 aliphatic rings. The van der Waals surface area contributed by atoms with Gasteiger partial charge in [-0.1, -0.05) is 0 Å². The van der Waals surface area contributed by atoms with Crippen molar-refractivity contribution in [2.75, 3.05) is 33.4 Å². The number of hydrogen-bond donors (Lipinski definition) is 1. The Morgan fingerprint density at radius 1 is 1.38 bits per heavy atom. The fourth-order valence-electron chi connectivity index (χ4n) is 1.61. The molecule has 13 heavy (non-hydrogen) atoms. The molecule has 1 saturated heterocycles. The van der Waals surface area contributed by atoms with E-state index in [4.69, 9.17) is 10.5 Å².